The molecule has 0 unspecified atom stereocenters. The quantitative estimate of drug-likeness (QED) is 0.860. The molecule has 1 fully saturated rings. The van der Waals surface area contributed by atoms with Gasteiger partial charge in [0, 0.05) is 19.1 Å². The third-order valence-corrected chi connectivity index (χ3v) is 4.13. The standard InChI is InChI=1S/C16H21N3O2/c1-11(2)19(12-8-9-12)15(20)10-18-14-7-5-4-6-13(14)17(3)16(18)21/h4-7,11-12H,8-10H2,1-3H3. The van der Waals surface area contributed by atoms with Crippen LogP contribution in [0.3, 0.4) is 0 Å². The highest BCUT2D eigenvalue weighted by Crippen LogP contribution is 2.29. The molecule has 112 valence electrons. The Morgan fingerprint density at radius 2 is 1.90 bits per heavy atom. The molecule has 3 rings (SSSR count). The van der Waals surface area contributed by atoms with Gasteiger partial charge in [0.05, 0.1) is 11.0 Å². The van der Waals surface area contributed by atoms with E-state index in [0.29, 0.717) is 6.04 Å². The number of amides is 1. The van der Waals surface area contributed by atoms with Crippen LogP contribution in [0.4, 0.5) is 0 Å². The van der Waals surface area contributed by atoms with E-state index in [9.17, 15) is 9.59 Å². The van der Waals surface area contributed by atoms with Crippen molar-refractivity contribution in [1.29, 1.82) is 0 Å². The van der Waals surface area contributed by atoms with Crippen LogP contribution in [-0.4, -0.2) is 32.0 Å². The number of carbonyl (C=O) groups is 1. The second-order valence-corrected chi connectivity index (χ2v) is 6.04. The Kier molecular flexibility index (Phi) is 3.35. The molecule has 21 heavy (non-hydrogen) atoms. The average Bonchev–Trinajstić information content (AvgIpc) is 3.24. The van der Waals surface area contributed by atoms with E-state index in [1.54, 1.807) is 16.2 Å². The number of aryl methyl sites for hydroxylation is 1. The molecule has 0 saturated heterocycles. The number of rotatable bonds is 4. The number of hydrogen-bond acceptors (Lipinski definition) is 2. The van der Waals surface area contributed by atoms with Gasteiger partial charge in [-0.15, -0.1) is 0 Å². The summed E-state index contributed by atoms with van der Waals surface area (Å²) >= 11 is 0. The van der Waals surface area contributed by atoms with E-state index in [2.05, 4.69) is 0 Å². The molecular weight excluding hydrogens is 266 g/mol. The fraction of sp³-hybridized carbons (Fsp3) is 0.500. The van der Waals surface area contributed by atoms with E-state index >= 15 is 0 Å². The molecular formula is C16H21N3O2. The minimum absolute atomic E-state index is 0.0333. The van der Waals surface area contributed by atoms with Gasteiger partial charge in [-0.3, -0.25) is 13.9 Å². The van der Waals surface area contributed by atoms with E-state index in [4.69, 9.17) is 0 Å². The van der Waals surface area contributed by atoms with Crippen LogP contribution in [0.5, 0.6) is 0 Å². The Hall–Kier alpha value is -2.04. The lowest BCUT2D eigenvalue weighted by molar-refractivity contribution is -0.134. The van der Waals surface area contributed by atoms with Gasteiger partial charge in [-0.2, -0.15) is 0 Å². The lowest BCUT2D eigenvalue weighted by atomic mass is 10.3. The number of imidazole rings is 1. The van der Waals surface area contributed by atoms with Crippen molar-refractivity contribution in [3.63, 3.8) is 0 Å². The van der Waals surface area contributed by atoms with Crippen LogP contribution in [0.15, 0.2) is 29.1 Å². The van der Waals surface area contributed by atoms with Crippen LogP contribution in [0, 0.1) is 0 Å². The lowest BCUT2D eigenvalue weighted by Crippen LogP contribution is -2.42. The molecule has 0 spiro atoms. The summed E-state index contributed by atoms with van der Waals surface area (Å²) in [6.07, 6.45) is 2.16. The van der Waals surface area contributed by atoms with Crippen LogP contribution in [-0.2, 0) is 18.4 Å². The van der Waals surface area contributed by atoms with E-state index in [0.717, 1.165) is 23.9 Å². The fourth-order valence-corrected chi connectivity index (χ4v) is 3.00. The van der Waals surface area contributed by atoms with Gasteiger partial charge in [-0.05, 0) is 38.8 Å². The lowest BCUT2D eigenvalue weighted by Gasteiger charge is -2.26. The summed E-state index contributed by atoms with van der Waals surface area (Å²) in [5.74, 6) is 0.0333. The monoisotopic (exact) mass is 287 g/mol. The third-order valence-electron chi connectivity index (χ3n) is 4.13. The van der Waals surface area contributed by atoms with Crippen LogP contribution >= 0.6 is 0 Å². The second-order valence-electron chi connectivity index (χ2n) is 6.04. The smallest absolute Gasteiger partial charge is 0.329 e. The van der Waals surface area contributed by atoms with Crippen molar-refractivity contribution in [2.45, 2.75) is 45.3 Å². The van der Waals surface area contributed by atoms with Gasteiger partial charge in [-0.25, -0.2) is 4.79 Å². The summed E-state index contributed by atoms with van der Waals surface area (Å²) in [6, 6.07) is 8.13. The van der Waals surface area contributed by atoms with Crippen molar-refractivity contribution in [2.24, 2.45) is 7.05 Å². The normalized spacial score (nSPS) is 14.9. The first-order valence-electron chi connectivity index (χ1n) is 7.46. The summed E-state index contributed by atoms with van der Waals surface area (Å²) < 4.78 is 3.18. The SMILES string of the molecule is CC(C)N(C(=O)Cn1c(=O)n(C)c2ccccc21)C1CC1. The number of nitrogens with zero attached hydrogens (tertiary/aromatic N) is 3. The first kappa shape index (κ1) is 13.9. The minimum Gasteiger partial charge on any atom is -0.336 e. The van der Waals surface area contributed by atoms with Gasteiger partial charge in [0.2, 0.25) is 5.91 Å². The number of hydrogen-bond donors (Lipinski definition) is 0. The summed E-state index contributed by atoms with van der Waals surface area (Å²) in [6.45, 7) is 4.18. The number of benzene rings is 1. The molecule has 0 aliphatic heterocycles. The molecule has 1 heterocycles. The van der Waals surface area contributed by atoms with Gasteiger partial charge in [0.25, 0.3) is 0 Å². The number of fused-ring (bicyclic) bond motifs is 1. The van der Waals surface area contributed by atoms with Gasteiger partial charge < -0.3 is 4.90 Å². The summed E-state index contributed by atoms with van der Waals surface area (Å²) in [7, 11) is 1.74. The number of carbonyl (C=O) groups excluding carboxylic acids is 1. The molecule has 1 aromatic carbocycles. The van der Waals surface area contributed by atoms with Crippen molar-refractivity contribution in [2.75, 3.05) is 0 Å². The predicted molar refractivity (Wildman–Crippen MR) is 82.2 cm³/mol. The van der Waals surface area contributed by atoms with Crippen LogP contribution < -0.4 is 5.69 Å². The van der Waals surface area contributed by atoms with E-state index in [-0.39, 0.29) is 24.2 Å². The van der Waals surface area contributed by atoms with Crippen LogP contribution in [0.1, 0.15) is 26.7 Å². The maximum atomic E-state index is 12.6. The van der Waals surface area contributed by atoms with Crippen molar-refractivity contribution < 1.29 is 4.79 Å². The summed E-state index contributed by atoms with van der Waals surface area (Å²) in [5.41, 5.74) is 1.54. The average molecular weight is 287 g/mol. The zero-order chi connectivity index (χ0) is 15.1. The molecule has 1 amide bonds. The third kappa shape index (κ3) is 2.37. The minimum atomic E-state index is -0.135. The first-order valence-corrected chi connectivity index (χ1v) is 7.46. The number of aromatic nitrogens is 2. The fourth-order valence-electron chi connectivity index (χ4n) is 3.00. The molecule has 0 N–H and O–H groups in total. The first-order chi connectivity index (χ1) is 10.0. The Morgan fingerprint density at radius 1 is 1.29 bits per heavy atom. The second kappa shape index (κ2) is 5.06. The van der Waals surface area contributed by atoms with Gasteiger partial charge in [-0.1, -0.05) is 12.1 Å². The molecule has 2 aromatic rings. The van der Waals surface area contributed by atoms with Crippen molar-refractivity contribution in [3.05, 3.63) is 34.7 Å². The highest BCUT2D eigenvalue weighted by molar-refractivity contribution is 5.81. The molecule has 0 radical (unpaired) electrons. The van der Waals surface area contributed by atoms with Crippen LogP contribution in [0.25, 0.3) is 11.0 Å². The largest absolute Gasteiger partial charge is 0.336 e. The predicted octanol–water partition coefficient (Wildman–Crippen LogP) is 1.74. The molecule has 5 nitrogen and oxygen atoms in total. The van der Waals surface area contributed by atoms with Gasteiger partial charge in [0.1, 0.15) is 6.54 Å². The summed E-state index contributed by atoms with van der Waals surface area (Å²) in [4.78, 5) is 26.9. The van der Waals surface area contributed by atoms with Crippen molar-refractivity contribution in [3.8, 4) is 0 Å². The Morgan fingerprint density at radius 3 is 2.48 bits per heavy atom. The molecule has 0 bridgehead atoms. The van der Waals surface area contributed by atoms with E-state index in [1.807, 2.05) is 43.0 Å². The Bertz CT molecular complexity index is 736. The Balaban J connectivity index is 1.96. The van der Waals surface area contributed by atoms with E-state index in [1.165, 1.54) is 0 Å². The molecule has 0 atom stereocenters. The summed E-state index contributed by atoms with van der Waals surface area (Å²) in [5, 5.41) is 0. The zero-order valence-corrected chi connectivity index (χ0v) is 12.7. The maximum Gasteiger partial charge on any atom is 0.329 e. The molecule has 5 heteroatoms. The topological polar surface area (TPSA) is 47.2 Å². The molecule has 1 aliphatic rings. The van der Waals surface area contributed by atoms with E-state index < -0.39 is 0 Å². The highest BCUT2D eigenvalue weighted by atomic mass is 16.2. The zero-order valence-electron chi connectivity index (χ0n) is 12.7. The number of para-hydroxylation sites is 2. The molecule has 1 saturated carbocycles. The van der Waals surface area contributed by atoms with Crippen molar-refractivity contribution >= 4 is 16.9 Å². The van der Waals surface area contributed by atoms with Crippen LogP contribution in [0.2, 0.25) is 0 Å². The molecule has 1 aromatic heterocycles. The Labute approximate surface area is 123 Å². The maximum absolute atomic E-state index is 12.6. The van der Waals surface area contributed by atoms with Crippen molar-refractivity contribution in [1.82, 2.24) is 14.0 Å². The van der Waals surface area contributed by atoms with Gasteiger partial charge in [0.15, 0.2) is 0 Å². The van der Waals surface area contributed by atoms with Gasteiger partial charge >= 0.3 is 5.69 Å². The highest BCUT2D eigenvalue weighted by Gasteiger charge is 2.34. The molecule has 1 aliphatic carbocycles.